The van der Waals surface area contributed by atoms with E-state index in [1.54, 1.807) is 0 Å². The largest absolute Gasteiger partial charge is 0.493 e. The molecule has 2 aromatic rings. The van der Waals surface area contributed by atoms with Gasteiger partial charge in [0.2, 0.25) is 0 Å². The van der Waals surface area contributed by atoms with Gasteiger partial charge in [-0.05, 0) is 61.4 Å². The zero-order chi connectivity index (χ0) is 25.1. The molecule has 3 nitrogen and oxygen atoms in total. The van der Waals surface area contributed by atoms with Crippen LogP contribution in [0.4, 0.5) is 4.39 Å². The van der Waals surface area contributed by atoms with Crippen LogP contribution in [0, 0.1) is 5.92 Å². The molecule has 0 aliphatic carbocycles. The molecule has 1 aromatic carbocycles. The van der Waals surface area contributed by atoms with Crippen molar-refractivity contribution in [3.05, 3.63) is 42.2 Å². The van der Waals surface area contributed by atoms with Gasteiger partial charge in [0.15, 0.2) is 5.82 Å². The monoisotopic (exact) mass is 484 g/mol. The lowest BCUT2D eigenvalue weighted by Crippen LogP contribution is -2.09. The summed E-state index contributed by atoms with van der Waals surface area (Å²) in [6, 6.07) is 7.81. The third kappa shape index (κ3) is 13.1. The molecule has 0 fully saturated rings. The summed E-state index contributed by atoms with van der Waals surface area (Å²) in [7, 11) is 0. The van der Waals surface area contributed by atoms with Crippen LogP contribution in [-0.4, -0.2) is 22.7 Å². The van der Waals surface area contributed by atoms with Gasteiger partial charge in [0.1, 0.15) is 11.9 Å². The molecule has 2 atom stereocenters. The highest BCUT2D eigenvalue weighted by molar-refractivity contribution is 5.55. The van der Waals surface area contributed by atoms with Crippen LogP contribution < -0.4 is 4.74 Å². The fraction of sp³-hybridized carbons (Fsp3) is 0.677. The van der Waals surface area contributed by atoms with Crippen LogP contribution in [0.3, 0.4) is 0 Å². The lowest BCUT2D eigenvalue weighted by atomic mass is 9.96. The Hall–Kier alpha value is -1.97. The lowest BCUT2D eigenvalue weighted by molar-refractivity contribution is 0.216. The fourth-order valence-electron chi connectivity index (χ4n) is 4.42. The summed E-state index contributed by atoms with van der Waals surface area (Å²) in [6.07, 6.45) is 20.5. The standard InChI is InChI=1S/C31H49FN2O/c1-4-6-8-9-10-11-13-15-27-24-33-31(34-25-27)28-17-20-30(21-18-28)35-23-22-29(32)19-16-26(3)14-12-7-5-2/h17-18,20-21,24-26,29H,4-16,19,22-23H2,1-3H3. The number of benzene rings is 1. The third-order valence-electron chi connectivity index (χ3n) is 6.86. The summed E-state index contributed by atoms with van der Waals surface area (Å²) < 4.78 is 20.0. The first-order valence-corrected chi connectivity index (χ1v) is 14.3. The number of aromatic nitrogens is 2. The quantitative estimate of drug-likeness (QED) is 0.175. The molecule has 4 heteroatoms. The van der Waals surface area contributed by atoms with Crippen molar-refractivity contribution in [2.45, 2.75) is 123 Å². The summed E-state index contributed by atoms with van der Waals surface area (Å²) in [6.45, 7) is 7.13. The first-order valence-electron chi connectivity index (χ1n) is 14.3. The molecule has 2 rings (SSSR count). The molecule has 0 aliphatic rings. The smallest absolute Gasteiger partial charge is 0.159 e. The van der Waals surface area contributed by atoms with Crippen molar-refractivity contribution < 1.29 is 9.13 Å². The number of hydrogen-bond acceptors (Lipinski definition) is 3. The van der Waals surface area contributed by atoms with Crippen LogP contribution >= 0.6 is 0 Å². The average Bonchev–Trinajstić information content (AvgIpc) is 2.88. The zero-order valence-electron chi connectivity index (χ0n) is 22.6. The number of ether oxygens (including phenoxy) is 1. The van der Waals surface area contributed by atoms with E-state index in [-0.39, 0.29) is 0 Å². The van der Waals surface area contributed by atoms with E-state index in [1.807, 2.05) is 36.7 Å². The van der Waals surface area contributed by atoms with Gasteiger partial charge < -0.3 is 4.74 Å². The number of halogens is 1. The Morgan fingerprint density at radius 2 is 1.37 bits per heavy atom. The number of hydrogen-bond donors (Lipinski definition) is 0. The Kier molecular flexibility index (Phi) is 15.3. The summed E-state index contributed by atoms with van der Waals surface area (Å²) in [5.41, 5.74) is 2.18. The SMILES string of the molecule is CCCCCCCCCc1cnc(-c2ccc(OCCC(F)CCC(C)CCCCC)cc2)nc1. The molecule has 0 radical (unpaired) electrons. The van der Waals surface area contributed by atoms with Crippen molar-refractivity contribution in [2.24, 2.45) is 5.92 Å². The Balaban J connectivity index is 1.64. The minimum atomic E-state index is -0.782. The second kappa shape index (κ2) is 18.3. The van der Waals surface area contributed by atoms with Gasteiger partial charge in [-0.2, -0.15) is 0 Å². The van der Waals surface area contributed by atoms with Gasteiger partial charge in [0.05, 0.1) is 6.61 Å². The highest BCUT2D eigenvalue weighted by Gasteiger charge is 2.10. The molecular weight excluding hydrogens is 435 g/mol. The molecule has 2 unspecified atom stereocenters. The summed E-state index contributed by atoms with van der Waals surface area (Å²) in [4.78, 5) is 9.12. The average molecular weight is 485 g/mol. The van der Waals surface area contributed by atoms with Gasteiger partial charge in [-0.15, -0.1) is 0 Å². The molecule has 0 aliphatic heterocycles. The minimum Gasteiger partial charge on any atom is -0.493 e. The molecule has 0 saturated heterocycles. The molecule has 0 saturated carbocycles. The number of unbranched alkanes of at least 4 members (excludes halogenated alkanes) is 8. The van der Waals surface area contributed by atoms with E-state index < -0.39 is 6.17 Å². The topological polar surface area (TPSA) is 35.0 Å². The van der Waals surface area contributed by atoms with Crippen molar-refractivity contribution in [2.75, 3.05) is 6.61 Å². The van der Waals surface area contributed by atoms with Crippen molar-refractivity contribution in [1.82, 2.24) is 9.97 Å². The van der Waals surface area contributed by atoms with Crippen LogP contribution in [0.2, 0.25) is 0 Å². The van der Waals surface area contributed by atoms with E-state index >= 15 is 0 Å². The molecule has 1 aromatic heterocycles. The second-order valence-corrected chi connectivity index (χ2v) is 10.2. The third-order valence-corrected chi connectivity index (χ3v) is 6.86. The first kappa shape index (κ1) is 29.3. The molecular formula is C31H49FN2O. The maximum absolute atomic E-state index is 14.2. The Morgan fingerprint density at radius 1 is 0.743 bits per heavy atom. The lowest BCUT2D eigenvalue weighted by Gasteiger charge is -2.14. The van der Waals surface area contributed by atoms with Gasteiger partial charge in [0.25, 0.3) is 0 Å². The van der Waals surface area contributed by atoms with Gasteiger partial charge in [-0.1, -0.05) is 85.0 Å². The molecule has 0 bridgehead atoms. The minimum absolute atomic E-state index is 0.411. The molecule has 1 heterocycles. The van der Waals surface area contributed by atoms with E-state index in [1.165, 1.54) is 76.2 Å². The van der Waals surface area contributed by atoms with Crippen molar-refractivity contribution >= 4 is 0 Å². The maximum Gasteiger partial charge on any atom is 0.159 e. The predicted octanol–water partition coefficient (Wildman–Crippen LogP) is 9.54. The number of alkyl halides is 1. The molecule has 0 amide bonds. The highest BCUT2D eigenvalue weighted by atomic mass is 19.1. The van der Waals surface area contributed by atoms with Gasteiger partial charge >= 0.3 is 0 Å². The van der Waals surface area contributed by atoms with Crippen LogP contribution in [0.5, 0.6) is 5.75 Å². The molecule has 0 N–H and O–H groups in total. The van der Waals surface area contributed by atoms with Crippen LogP contribution in [0.1, 0.15) is 116 Å². The number of aryl methyl sites for hydroxylation is 1. The molecule has 196 valence electrons. The van der Waals surface area contributed by atoms with Gasteiger partial charge in [-0.3, -0.25) is 0 Å². The Labute approximate surface area is 214 Å². The normalized spacial score (nSPS) is 13.0. The van der Waals surface area contributed by atoms with E-state index in [4.69, 9.17) is 4.74 Å². The van der Waals surface area contributed by atoms with Gasteiger partial charge in [-0.25, -0.2) is 14.4 Å². The Morgan fingerprint density at radius 3 is 2.06 bits per heavy atom. The van der Waals surface area contributed by atoms with E-state index in [0.29, 0.717) is 25.4 Å². The summed E-state index contributed by atoms with van der Waals surface area (Å²) in [5, 5.41) is 0. The van der Waals surface area contributed by atoms with Crippen molar-refractivity contribution in [3.8, 4) is 17.1 Å². The van der Waals surface area contributed by atoms with Crippen LogP contribution in [0.15, 0.2) is 36.7 Å². The van der Waals surface area contributed by atoms with Gasteiger partial charge in [0, 0.05) is 24.4 Å². The van der Waals surface area contributed by atoms with E-state index in [0.717, 1.165) is 30.0 Å². The highest BCUT2D eigenvalue weighted by Crippen LogP contribution is 2.21. The predicted molar refractivity (Wildman–Crippen MR) is 147 cm³/mol. The Bertz CT molecular complexity index is 763. The zero-order valence-corrected chi connectivity index (χ0v) is 22.6. The summed E-state index contributed by atoms with van der Waals surface area (Å²) >= 11 is 0. The van der Waals surface area contributed by atoms with Crippen molar-refractivity contribution in [1.29, 1.82) is 0 Å². The molecule has 35 heavy (non-hydrogen) atoms. The first-order chi connectivity index (χ1) is 17.1. The van der Waals surface area contributed by atoms with Crippen molar-refractivity contribution in [3.63, 3.8) is 0 Å². The number of nitrogens with zero attached hydrogens (tertiary/aromatic N) is 2. The number of rotatable bonds is 20. The maximum atomic E-state index is 14.2. The second-order valence-electron chi connectivity index (χ2n) is 10.2. The molecule has 0 spiro atoms. The van der Waals surface area contributed by atoms with Crippen LogP contribution in [0.25, 0.3) is 11.4 Å². The van der Waals surface area contributed by atoms with E-state index in [9.17, 15) is 4.39 Å². The van der Waals surface area contributed by atoms with E-state index in [2.05, 4.69) is 30.7 Å². The summed E-state index contributed by atoms with van der Waals surface area (Å²) in [5.74, 6) is 2.12. The van der Waals surface area contributed by atoms with Crippen LogP contribution in [-0.2, 0) is 6.42 Å². The fourth-order valence-corrected chi connectivity index (χ4v) is 4.42.